The monoisotopic (exact) mass is 391 g/mol. The number of hydrogen-bond acceptors (Lipinski definition) is 4. The SMILES string of the molecule is O=C(O)CN1C(=O)/C(=C\c2cc(Br)cs2)c2ccccc2C1=O. The van der Waals surface area contributed by atoms with Crippen LogP contribution in [0, 0.1) is 0 Å². The zero-order chi connectivity index (χ0) is 16.6. The summed E-state index contributed by atoms with van der Waals surface area (Å²) in [5.41, 5.74) is 1.17. The van der Waals surface area contributed by atoms with Gasteiger partial charge in [-0.05, 0) is 39.7 Å². The van der Waals surface area contributed by atoms with Crippen LogP contribution in [0.5, 0.6) is 0 Å². The second-order valence-electron chi connectivity index (χ2n) is 4.86. The van der Waals surface area contributed by atoms with Crippen LogP contribution >= 0.6 is 27.3 Å². The Kier molecular flexibility index (Phi) is 4.14. The largest absolute Gasteiger partial charge is 0.480 e. The van der Waals surface area contributed by atoms with E-state index >= 15 is 0 Å². The van der Waals surface area contributed by atoms with E-state index in [0.29, 0.717) is 16.7 Å². The Bertz CT molecular complexity index is 855. The Morgan fingerprint density at radius 1 is 1.22 bits per heavy atom. The lowest BCUT2D eigenvalue weighted by molar-refractivity contribution is -0.141. The Morgan fingerprint density at radius 3 is 2.52 bits per heavy atom. The van der Waals surface area contributed by atoms with Crippen LogP contribution in [0.2, 0.25) is 0 Å². The maximum atomic E-state index is 12.6. The number of halogens is 1. The molecule has 7 heteroatoms. The summed E-state index contributed by atoms with van der Waals surface area (Å²) in [7, 11) is 0. The normalized spacial score (nSPS) is 15.9. The lowest BCUT2D eigenvalue weighted by Crippen LogP contribution is -2.44. The van der Waals surface area contributed by atoms with Crippen molar-refractivity contribution in [3.8, 4) is 0 Å². The molecule has 0 radical (unpaired) electrons. The van der Waals surface area contributed by atoms with Crippen LogP contribution in [0.3, 0.4) is 0 Å². The van der Waals surface area contributed by atoms with Crippen LogP contribution < -0.4 is 0 Å². The van der Waals surface area contributed by atoms with E-state index in [4.69, 9.17) is 5.11 Å². The van der Waals surface area contributed by atoms with Crippen molar-refractivity contribution in [1.29, 1.82) is 0 Å². The number of imide groups is 1. The second kappa shape index (κ2) is 6.10. The van der Waals surface area contributed by atoms with Gasteiger partial charge in [0.05, 0.1) is 0 Å². The lowest BCUT2D eigenvalue weighted by atomic mass is 9.93. The number of aliphatic carboxylic acids is 1. The molecule has 2 heterocycles. The highest BCUT2D eigenvalue weighted by molar-refractivity contribution is 9.10. The number of fused-ring (bicyclic) bond motifs is 1. The molecule has 1 aliphatic heterocycles. The summed E-state index contributed by atoms with van der Waals surface area (Å²) in [6.45, 7) is -0.655. The van der Waals surface area contributed by atoms with Gasteiger partial charge in [-0.1, -0.05) is 18.2 Å². The molecule has 0 unspecified atom stereocenters. The van der Waals surface area contributed by atoms with E-state index in [9.17, 15) is 14.4 Å². The fourth-order valence-electron chi connectivity index (χ4n) is 2.37. The maximum Gasteiger partial charge on any atom is 0.323 e. The molecule has 0 aliphatic carbocycles. The molecule has 1 aromatic carbocycles. The molecule has 0 spiro atoms. The number of amides is 2. The fraction of sp³-hybridized carbons (Fsp3) is 0.0625. The minimum atomic E-state index is -1.23. The summed E-state index contributed by atoms with van der Waals surface area (Å²) in [4.78, 5) is 37.6. The Hall–Kier alpha value is -2.25. The number of benzene rings is 1. The number of nitrogens with zero attached hydrogens (tertiary/aromatic N) is 1. The molecule has 2 aromatic rings. The Labute approximate surface area is 144 Å². The Morgan fingerprint density at radius 2 is 1.91 bits per heavy atom. The van der Waals surface area contributed by atoms with Gasteiger partial charge in [0, 0.05) is 25.9 Å². The van der Waals surface area contributed by atoms with Gasteiger partial charge >= 0.3 is 5.97 Å². The second-order valence-corrected chi connectivity index (χ2v) is 6.72. The van der Waals surface area contributed by atoms with Gasteiger partial charge in [-0.2, -0.15) is 0 Å². The molecule has 5 nitrogen and oxygen atoms in total. The highest BCUT2D eigenvalue weighted by Gasteiger charge is 2.35. The lowest BCUT2D eigenvalue weighted by Gasteiger charge is -2.27. The number of carboxylic acids is 1. The number of rotatable bonds is 3. The first kappa shape index (κ1) is 15.6. The quantitative estimate of drug-likeness (QED) is 0.644. The van der Waals surface area contributed by atoms with Crippen molar-refractivity contribution in [2.75, 3.05) is 6.54 Å². The van der Waals surface area contributed by atoms with Gasteiger partial charge in [0.15, 0.2) is 0 Å². The minimum absolute atomic E-state index is 0.316. The van der Waals surface area contributed by atoms with Crippen LogP contribution in [0.25, 0.3) is 11.6 Å². The van der Waals surface area contributed by atoms with E-state index in [1.165, 1.54) is 11.3 Å². The molecule has 116 valence electrons. The first-order chi connectivity index (χ1) is 11.0. The van der Waals surface area contributed by atoms with E-state index in [2.05, 4.69) is 15.9 Å². The first-order valence-corrected chi connectivity index (χ1v) is 8.28. The number of carbonyl (C=O) groups excluding carboxylic acids is 2. The maximum absolute atomic E-state index is 12.6. The van der Waals surface area contributed by atoms with Crippen LogP contribution in [-0.2, 0) is 9.59 Å². The molecule has 3 rings (SSSR count). The highest BCUT2D eigenvalue weighted by atomic mass is 79.9. The number of hydrogen-bond donors (Lipinski definition) is 1. The van der Waals surface area contributed by atoms with Crippen LogP contribution in [0.1, 0.15) is 20.8 Å². The summed E-state index contributed by atoms with van der Waals surface area (Å²) < 4.78 is 0.893. The Balaban J connectivity index is 2.15. The summed E-state index contributed by atoms with van der Waals surface area (Å²) in [6, 6.07) is 8.57. The summed E-state index contributed by atoms with van der Waals surface area (Å²) in [5, 5.41) is 10.8. The zero-order valence-electron chi connectivity index (χ0n) is 11.7. The summed E-state index contributed by atoms with van der Waals surface area (Å²) in [6.07, 6.45) is 1.68. The van der Waals surface area contributed by atoms with Crippen molar-refractivity contribution < 1.29 is 19.5 Å². The predicted molar refractivity (Wildman–Crippen MR) is 90.0 cm³/mol. The molecule has 1 aliphatic rings. The first-order valence-electron chi connectivity index (χ1n) is 6.60. The van der Waals surface area contributed by atoms with E-state index in [0.717, 1.165) is 14.2 Å². The zero-order valence-corrected chi connectivity index (χ0v) is 14.1. The minimum Gasteiger partial charge on any atom is -0.480 e. The molecule has 1 aromatic heterocycles. The van der Waals surface area contributed by atoms with Gasteiger partial charge in [0.25, 0.3) is 11.8 Å². The standard InChI is InChI=1S/C16H10BrNO4S/c17-9-5-10(23-8-9)6-13-11-3-1-2-4-12(11)15(21)18(16(13)22)7-14(19)20/h1-6,8H,7H2,(H,19,20)/b13-6-. The molecule has 1 N–H and O–H groups in total. The number of carboxylic acid groups (broad SMARTS) is 1. The molecular formula is C16H10BrNO4S. The van der Waals surface area contributed by atoms with E-state index < -0.39 is 24.3 Å². The van der Waals surface area contributed by atoms with Crippen LogP contribution in [0.4, 0.5) is 0 Å². The molecule has 0 saturated heterocycles. The van der Waals surface area contributed by atoms with Gasteiger partial charge in [0.1, 0.15) is 6.54 Å². The molecular weight excluding hydrogens is 382 g/mol. The van der Waals surface area contributed by atoms with Crippen molar-refractivity contribution in [2.45, 2.75) is 0 Å². The molecule has 0 atom stereocenters. The van der Waals surface area contributed by atoms with Gasteiger partial charge in [-0.25, -0.2) is 0 Å². The topological polar surface area (TPSA) is 74.7 Å². The molecule has 0 bridgehead atoms. The van der Waals surface area contributed by atoms with Crippen molar-refractivity contribution in [1.82, 2.24) is 4.90 Å². The third-order valence-electron chi connectivity index (χ3n) is 3.34. The average molecular weight is 392 g/mol. The molecule has 23 heavy (non-hydrogen) atoms. The predicted octanol–water partition coefficient (Wildman–Crippen LogP) is 3.12. The van der Waals surface area contributed by atoms with E-state index in [-0.39, 0.29) is 0 Å². The average Bonchev–Trinajstić information content (AvgIpc) is 2.93. The summed E-state index contributed by atoms with van der Waals surface area (Å²) >= 11 is 4.79. The van der Waals surface area contributed by atoms with Crippen molar-refractivity contribution >= 4 is 56.7 Å². The van der Waals surface area contributed by atoms with Gasteiger partial charge < -0.3 is 5.11 Å². The van der Waals surface area contributed by atoms with E-state index in [1.807, 2.05) is 11.4 Å². The van der Waals surface area contributed by atoms with Gasteiger partial charge in [-0.3, -0.25) is 19.3 Å². The highest BCUT2D eigenvalue weighted by Crippen LogP contribution is 2.32. The van der Waals surface area contributed by atoms with Crippen molar-refractivity contribution in [3.63, 3.8) is 0 Å². The number of thiophene rings is 1. The van der Waals surface area contributed by atoms with Crippen molar-refractivity contribution in [2.24, 2.45) is 0 Å². The third-order valence-corrected chi connectivity index (χ3v) is 4.98. The fourth-order valence-corrected chi connectivity index (χ4v) is 3.74. The van der Waals surface area contributed by atoms with E-state index in [1.54, 1.807) is 30.3 Å². The molecule has 2 amide bonds. The molecule has 0 fully saturated rings. The smallest absolute Gasteiger partial charge is 0.323 e. The van der Waals surface area contributed by atoms with Gasteiger partial charge in [0.2, 0.25) is 0 Å². The van der Waals surface area contributed by atoms with Gasteiger partial charge in [-0.15, -0.1) is 11.3 Å². The van der Waals surface area contributed by atoms with Crippen LogP contribution in [-0.4, -0.2) is 34.3 Å². The van der Waals surface area contributed by atoms with Crippen molar-refractivity contribution in [3.05, 3.63) is 56.2 Å². The summed E-state index contributed by atoms with van der Waals surface area (Å²) in [5.74, 6) is -2.41. The third kappa shape index (κ3) is 2.97. The number of carbonyl (C=O) groups is 3. The molecule has 0 saturated carbocycles. The van der Waals surface area contributed by atoms with Crippen LogP contribution in [0.15, 0.2) is 40.2 Å².